The average molecular weight is 260 g/mol. The van der Waals surface area contributed by atoms with Crippen LogP contribution < -0.4 is 0 Å². The van der Waals surface area contributed by atoms with Crippen LogP contribution in [-0.2, 0) is 0 Å². The van der Waals surface area contributed by atoms with E-state index in [0.29, 0.717) is 17.3 Å². The largest absolute Gasteiger partial charge is 0.341 e. The molecule has 18 heavy (non-hydrogen) atoms. The van der Waals surface area contributed by atoms with Crippen LogP contribution in [0.3, 0.4) is 0 Å². The van der Waals surface area contributed by atoms with Gasteiger partial charge in [-0.3, -0.25) is 5.41 Å². The van der Waals surface area contributed by atoms with Gasteiger partial charge in [-0.2, -0.15) is 0 Å². The maximum atomic E-state index is 8.27. The van der Waals surface area contributed by atoms with Crippen LogP contribution in [0.25, 0.3) is 0 Å². The molecule has 2 nitrogen and oxygen atoms in total. The SMILES string of the molecule is C[C@H](c1ccccc1)N1C(=N)S[C@H]2CCCC[C@@H]21. The molecule has 0 unspecified atom stereocenters. The first-order valence-electron chi connectivity index (χ1n) is 6.86. The minimum Gasteiger partial charge on any atom is -0.341 e. The zero-order valence-electron chi connectivity index (χ0n) is 10.8. The zero-order valence-corrected chi connectivity index (χ0v) is 11.6. The molecule has 3 atom stereocenters. The summed E-state index contributed by atoms with van der Waals surface area (Å²) in [4.78, 5) is 2.35. The predicted octanol–water partition coefficient (Wildman–Crippen LogP) is 4.04. The molecule has 0 aromatic heterocycles. The van der Waals surface area contributed by atoms with E-state index in [0.717, 1.165) is 5.17 Å². The lowest BCUT2D eigenvalue weighted by Crippen LogP contribution is -2.40. The van der Waals surface area contributed by atoms with E-state index in [9.17, 15) is 0 Å². The normalized spacial score (nSPS) is 29.2. The number of nitrogens with one attached hydrogen (secondary N) is 1. The van der Waals surface area contributed by atoms with Gasteiger partial charge in [-0.05, 0) is 25.3 Å². The van der Waals surface area contributed by atoms with Gasteiger partial charge in [0.2, 0.25) is 0 Å². The Hall–Kier alpha value is -0.960. The van der Waals surface area contributed by atoms with Gasteiger partial charge < -0.3 is 4.90 Å². The lowest BCUT2D eigenvalue weighted by Gasteiger charge is -2.35. The Kier molecular flexibility index (Phi) is 3.33. The molecule has 1 saturated carbocycles. The van der Waals surface area contributed by atoms with Crippen LogP contribution >= 0.6 is 11.8 Å². The molecule has 1 aliphatic heterocycles. The van der Waals surface area contributed by atoms with E-state index in [2.05, 4.69) is 42.2 Å². The Balaban J connectivity index is 1.84. The van der Waals surface area contributed by atoms with Crippen molar-refractivity contribution in [3.05, 3.63) is 35.9 Å². The lowest BCUT2D eigenvalue weighted by atomic mass is 9.92. The summed E-state index contributed by atoms with van der Waals surface area (Å²) in [6.45, 7) is 2.24. The maximum Gasteiger partial charge on any atom is 0.157 e. The van der Waals surface area contributed by atoms with Crippen molar-refractivity contribution in [2.75, 3.05) is 0 Å². The van der Waals surface area contributed by atoms with E-state index in [-0.39, 0.29) is 0 Å². The highest BCUT2D eigenvalue weighted by atomic mass is 32.2. The van der Waals surface area contributed by atoms with Crippen molar-refractivity contribution in [1.82, 2.24) is 4.90 Å². The minimum atomic E-state index is 0.333. The van der Waals surface area contributed by atoms with Crippen molar-refractivity contribution in [1.29, 1.82) is 5.41 Å². The van der Waals surface area contributed by atoms with Gasteiger partial charge in [0, 0.05) is 11.3 Å². The highest BCUT2D eigenvalue weighted by Gasteiger charge is 2.41. The summed E-state index contributed by atoms with van der Waals surface area (Å²) in [7, 11) is 0. The summed E-state index contributed by atoms with van der Waals surface area (Å²) in [5, 5.41) is 9.71. The van der Waals surface area contributed by atoms with Gasteiger partial charge in [-0.1, -0.05) is 54.9 Å². The molecule has 1 aromatic carbocycles. The maximum absolute atomic E-state index is 8.27. The summed E-state index contributed by atoms with van der Waals surface area (Å²) >= 11 is 1.79. The van der Waals surface area contributed by atoms with E-state index in [4.69, 9.17) is 5.41 Å². The first kappa shape index (κ1) is 12.1. The quantitative estimate of drug-likeness (QED) is 0.868. The van der Waals surface area contributed by atoms with Crippen molar-refractivity contribution in [3.63, 3.8) is 0 Å². The third-order valence-electron chi connectivity index (χ3n) is 4.22. The van der Waals surface area contributed by atoms with Crippen LogP contribution in [0.15, 0.2) is 30.3 Å². The average Bonchev–Trinajstić information content (AvgIpc) is 2.75. The van der Waals surface area contributed by atoms with Crippen LogP contribution in [0, 0.1) is 5.41 Å². The fraction of sp³-hybridized carbons (Fsp3) is 0.533. The highest BCUT2D eigenvalue weighted by Crippen LogP contribution is 2.43. The number of fused-ring (bicyclic) bond motifs is 1. The summed E-state index contributed by atoms with van der Waals surface area (Å²) in [6, 6.07) is 11.5. The Labute approximate surface area is 113 Å². The number of nitrogens with zero attached hydrogens (tertiary/aromatic N) is 1. The summed E-state index contributed by atoms with van der Waals surface area (Å²) < 4.78 is 0. The Morgan fingerprint density at radius 2 is 1.94 bits per heavy atom. The van der Waals surface area contributed by atoms with E-state index in [1.807, 2.05) is 0 Å². The Morgan fingerprint density at radius 1 is 1.22 bits per heavy atom. The first-order valence-corrected chi connectivity index (χ1v) is 7.74. The molecule has 0 bridgehead atoms. The van der Waals surface area contributed by atoms with Gasteiger partial charge in [0.25, 0.3) is 0 Å². The van der Waals surface area contributed by atoms with E-state index < -0.39 is 0 Å². The van der Waals surface area contributed by atoms with Gasteiger partial charge in [0.15, 0.2) is 5.17 Å². The minimum absolute atomic E-state index is 0.333. The molecule has 2 fully saturated rings. The van der Waals surface area contributed by atoms with E-state index in [1.165, 1.54) is 31.2 Å². The van der Waals surface area contributed by atoms with Gasteiger partial charge >= 0.3 is 0 Å². The molecule has 0 amide bonds. The van der Waals surface area contributed by atoms with Crippen LogP contribution in [0.2, 0.25) is 0 Å². The van der Waals surface area contributed by atoms with E-state index in [1.54, 1.807) is 11.8 Å². The topological polar surface area (TPSA) is 27.1 Å². The first-order chi connectivity index (χ1) is 8.77. The van der Waals surface area contributed by atoms with Gasteiger partial charge in [0.05, 0.1) is 6.04 Å². The second-order valence-electron chi connectivity index (χ2n) is 5.31. The molecule has 1 heterocycles. The fourth-order valence-electron chi connectivity index (χ4n) is 3.24. The molecular formula is C15H20N2S. The molecule has 2 aliphatic rings. The highest BCUT2D eigenvalue weighted by molar-refractivity contribution is 8.14. The van der Waals surface area contributed by atoms with Crippen molar-refractivity contribution in [2.45, 2.75) is 49.9 Å². The van der Waals surface area contributed by atoms with Crippen LogP contribution in [-0.4, -0.2) is 21.4 Å². The number of benzene rings is 1. The third kappa shape index (κ3) is 2.05. The van der Waals surface area contributed by atoms with Crippen LogP contribution in [0.5, 0.6) is 0 Å². The van der Waals surface area contributed by atoms with Crippen molar-refractivity contribution < 1.29 is 0 Å². The zero-order chi connectivity index (χ0) is 12.5. The van der Waals surface area contributed by atoms with Crippen molar-refractivity contribution in [2.24, 2.45) is 0 Å². The Bertz CT molecular complexity index is 431. The summed E-state index contributed by atoms with van der Waals surface area (Å²) in [5.74, 6) is 0. The smallest absolute Gasteiger partial charge is 0.157 e. The molecular weight excluding hydrogens is 240 g/mol. The summed E-state index contributed by atoms with van der Waals surface area (Å²) in [6.07, 6.45) is 5.22. The molecule has 1 N–H and O–H groups in total. The number of thioether (sulfide) groups is 1. The lowest BCUT2D eigenvalue weighted by molar-refractivity contribution is 0.219. The van der Waals surface area contributed by atoms with Crippen LogP contribution in [0.4, 0.5) is 0 Å². The molecule has 96 valence electrons. The second-order valence-corrected chi connectivity index (χ2v) is 6.54. The molecule has 0 spiro atoms. The molecule has 1 aromatic rings. The van der Waals surface area contributed by atoms with Crippen molar-refractivity contribution in [3.8, 4) is 0 Å². The monoisotopic (exact) mass is 260 g/mol. The van der Waals surface area contributed by atoms with Gasteiger partial charge in [0.1, 0.15) is 0 Å². The third-order valence-corrected chi connectivity index (χ3v) is 5.51. The fourth-order valence-corrected chi connectivity index (χ4v) is 4.65. The van der Waals surface area contributed by atoms with Crippen molar-refractivity contribution >= 4 is 16.9 Å². The standard InChI is InChI=1S/C15H20N2S/c1-11(12-7-3-2-4-8-12)17-13-9-5-6-10-14(13)18-15(17)16/h2-4,7-8,11,13-14,16H,5-6,9-10H2,1H3/t11-,13+,14+/m1/s1. The van der Waals surface area contributed by atoms with E-state index >= 15 is 0 Å². The van der Waals surface area contributed by atoms with Crippen LogP contribution in [0.1, 0.15) is 44.2 Å². The number of rotatable bonds is 2. The summed E-state index contributed by atoms with van der Waals surface area (Å²) in [5.41, 5.74) is 1.33. The molecule has 1 saturated heterocycles. The molecule has 3 heteroatoms. The predicted molar refractivity (Wildman–Crippen MR) is 78.1 cm³/mol. The van der Waals surface area contributed by atoms with Gasteiger partial charge in [-0.25, -0.2) is 0 Å². The number of amidine groups is 1. The number of hydrogen-bond donors (Lipinski definition) is 1. The molecule has 1 aliphatic carbocycles. The van der Waals surface area contributed by atoms with Gasteiger partial charge in [-0.15, -0.1) is 0 Å². The number of hydrogen-bond acceptors (Lipinski definition) is 2. The molecule has 3 rings (SSSR count). The second kappa shape index (κ2) is 4.96. The molecule has 0 radical (unpaired) electrons. The Morgan fingerprint density at radius 3 is 2.72 bits per heavy atom.